The number of hydrogen-bond acceptors (Lipinski definition) is 4. The molecule has 2 aromatic heterocycles. The van der Waals surface area contributed by atoms with Crippen LogP contribution in [0.2, 0.25) is 5.15 Å². The van der Waals surface area contributed by atoms with E-state index in [0.29, 0.717) is 29.5 Å². The standard InChI is InChI=1S/C15H17ClN4O2/c1-15(2,3)22-14(21)17-9-5-4-6-11-10-18-13-8-7-12(16)19-20(11)13/h7-8,10H,5,9H2,1-3H3,(H,17,21). The highest BCUT2D eigenvalue weighted by molar-refractivity contribution is 6.29. The van der Waals surface area contributed by atoms with Gasteiger partial charge in [0.05, 0.1) is 6.20 Å². The van der Waals surface area contributed by atoms with Crippen molar-refractivity contribution in [2.24, 2.45) is 0 Å². The summed E-state index contributed by atoms with van der Waals surface area (Å²) in [4.78, 5) is 15.6. The largest absolute Gasteiger partial charge is 0.444 e. The lowest BCUT2D eigenvalue weighted by molar-refractivity contribution is 0.0529. The number of ether oxygens (including phenoxy) is 1. The van der Waals surface area contributed by atoms with Crippen molar-refractivity contribution in [2.75, 3.05) is 6.54 Å². The van der Waals surface area contributed by atoms with Crippen molar-refractivity contribution in [2.45, 2.75) is 32.8 Å². The lowest BCUT2D eigenvalue weighted by atomic mass is 10.2. The third kappa shape index (κ3) is 4.64. The maximum atomic E-state index is 11.4. The molecule has 0 atom stereocenters. The van der Waals surface area contributed by atoms with E-state index >= 15 is 0 Å². The average Bonchev–Trinajstić information content (AvgIpc) is 2.79. The molecule has 1 amide bonds. The molecule has 0 aliphatic rings. The molecule has 0 radical (unpaired) electrons. The van der Waals surface area contributed by atoms with Gasteiger partial charge >= 0.3 is 6.09 Å². The van der Waals surface area contributed by atoms with Gasteiger partial charge in [-0.05, 0) is 38.8 Å². The number of nitrogens with zero attached hydrogens (tertiary/aromatic N) is 3. The minimum atomic E-state index is -0.503. The molecule has 0 fully saturated rings. The number of nitrogens with one attached hydrogen (secondary N) is 1. The molecule has 1 N–H and O–H groups in total. The van der Waals surface area contributed by atoms with Crippen LogP contribution >= 0.6 is 11.6 Å². The van der Waals surface area contributed by atoms with Crippen LogP contribution in [0.25, 0.3) is 5.65 Å². The average molecular weight is 321 g/mol. The Morgan fingerprint density at radius 1 is 1.45 bits per heavy atom. The molecule has 6 nitrogen and oxygen atoms in total. The second-order valence-electron chi connectivity index (χ2n) is 5.55. The number of carbonyl (C=O) groups excluding carboxylic acids is 1. The molecule has 0 unspecified atom stereocenters. The molecular weight excluding hydrogens is 304 g/mol. The number of amides is 1. The molecule has 0 saturated heterocycles. The van der Waals surface area contributed by atoms with E-state index in [1.807, 2.05) is 20.8 Å². The molecule has 0 bridgehead atoms. The summed E-state index contributed by atoms with van der Waals surface area (Å²) >= 11 is 5.85. The van der Waals surface area contributed by atoms with E-state index in [1.165, 1.54) is 0 Å². The molecule has 2 heterocycles. The Labute approximate surface area is 133 Å². The van der Waals surface area contributed by atoms with Crippen molar-refractivity contribution in [3.63, 3.8) is 0 Å². The van der Waals surface area contributed by atoms with E-state index in [0.717, 1.165) is 0 Å². The molecule has 22 heavy (non-hydrogen) atoms. The molecule has 2 aromatic rings. The summed E-state index contributed by atoms with van der Waals surface area (Å²) in [6.45, 7) is 5.85. The monoisotopic (exact) mass is 320 g/mol. The van der Waals surface area contributed by atoms with E-state index in [4.69, 9.17) is 16.3 Å². The molecule has 116 valence electrons. The Kier molecular flexibility index (Phi) is 4.88. The Morgan fingerprint density at radius 2 is 2.23 bits per heavy atom. The van der Waals surface area contributed by atoms with E-state index in [-0.39, 0.29) is 0 Å². The second-order valence-corrected chi connectivity index (χ2v) is 5.94. The van der Waals surface area contributed by atoms with Crippen LogP contribution in [0.4, 0.5) is 4.79 Å². The van der Waals surface area contributed by atoms with Gasteiger partial charge in [-0.2, -0.15) is 5.10 Å². The van der Waals surface area contributed by atoms with Gasteiger partial charge < -0.3 is 10.1 Å². The number of halogens is 1. The third-order valence-electron chi connectivity index (χ3n) is 2.46. The fraction of sp³-hybridized carbons (Fsp3) is 0.400. The van der Waals surface area contributed by atoms with Gasteiger partial charge in [-0.25, -0.2) is 14.3 Å². The van der Waals surface area contributed by atoms with Crippen molar-refractivity contribution in [1.29, 1.82) is 0 Å². The maximum Gasteiger partial charge on any atom is 0.407 e. The minimum Gasteiger partial charge on any atom is -0.444 e. The molecule has 2 rings (SSSR count). The number of carbonyl (C=O) groups is 1. The van der Waals surface area contributed by atoms with Crippen LogP contribution in [0.5, 0.6) is 0 Å². The van der Waals surface area contributed by atoms with Gasteiger partial charge in [-0.15, -0.1) is 0 Å². The maximum absolute atomic E-state index is 11.4. The van der Waals surface area contributed by atoms with Crippen LogP contribution in [0.3, 0.4) is 0 Å². The van der Waals surface area contributed by atoms with Crippen molar-refractivity contribution in [1.82, 2.24) is 19.9 Å². The Hall–Kier alpha value is -2.26. The predicted molar refractivity (Wildman–Crippen MR) is 83.7 cm³/mol. The zero-order valence-electron chi connectivity index (χ0n) is 12.7. The van der Waals surface area contributed by atoms with Gasteiger partial charge in [-0.1, -0.05) is 17.5 Å². The van der Waals surface area contributed by atoms with E-state index in [9.17, 15) is 4.79 Å². The van der Waals surface area contributed by atoms with Crippen molar-refractivity contribution in [3.8, 4) is 11.8 Å². The van der Waals surface area contributed by atoms with Crippen LogP contribution in [0.15, 0.2) is 18.3 Å². The quantitative estimate of drug-likeness (QED) is 0.682. The van der Waals surface area contributed by atoms with Crippen LogP contribution in [0.1, 0.15) is 32.9 Å². The fourth-order valence-electron chi connectivity index (χ4n) is 1.63. The topological polar surface area (TPSA) is 68.5 Å². The summed E-state index contributed by atoms with van der Waals surface area (Å²) in [5.41, 5.74) is 0.826. The van der Waals surface area contributed by atoms with Crippen LogP contribution < -0.4 is 5.32 Å². The van der Waals surface area contributed by atoms with Gasteiger partial charge in [0, 0.05) is 13.0 Å². The Morgan fingerprint density at radius 3 is 2.95 bits per heavy atom. The number of alkyl carbamates (subject to hydrolysis) is 1. The van der Waals surface area contributed by atoms with Gasteiger partial charge in [-0.3, -0.25) is 0 Å². The van der Waals surface area contributed by atoms with Gasteiger partial charge in [0.1, 0.15) is 16.4 Å². The van der Waals surface area contributed by atoms with Crippen LogP contribution in [-0.4, -0.2) is 32.8 Å². The number of fused-ring (bicyclic) bond motifs is 1. The van der Waals surface area contributed by atoms with Gasteiger partial charge in [0.2, 0.25) is 0 Å². The normalized spacial score (nSPS) is 10.9. The highest BCUT2D eigenvalue weighted by Crippen LogP contribution is 2.08. The fourth-order valence-corrected chi connectivity index (χ4v) is 1.77. The third-order valence-corrected chi connectivity index (χ3v) is 2.67. The first-order chi connectivity index (χ1) is 10.3. The summed E-state index contributed by atoms with van der Waals surface area (Å²) in [5, 5.41) is 7.15. The highest BCUT2D eigenvalue weighted by atomic mass is 35.5. The zero-order valence-corrected chi connectivity index (χ0v) is 13.4. The number of hydrogen-bond donors (Lipinski definition) is 1. The van der Waals surface area contributed by atoms with Crippen LogP contribution in [0, 0.1) is 11.8 Å². The number of aromatic nitrogens is 3. The first kappa shape index (κ1) is 16.1. The highest BCUT2D eigenvalue weighted by Gasteiger charge is 2.15. The van der Waals surface area contributed by atoms with Crippen molar-refractivity contribution >= 4 is 23.3 Å². The minimum absolute atomic E-state index is 0.375. The SMILES string of the molecule is CC(C)(C)OC(=O)NCCC#Cc1cnc2ccc(Cl)nn12. The zero-order chi connectivity index (χ0) is 16.2. The molecule has 0 aliphatic carbocycles. The van der Waals surface area contributed by atoms with E-state index in [1.54, 1.807) is 22.8 Å². The lowest BCUT2D eigenvalue weighted by Gasteiger charge is -2.19. The first-order valence-electron chi connectivity index (χ1n) is 6.81. The lowest BCUT2D eigenvalue weighted by Crippen LogP contribution is -2.32. The van der Waals surface area contributed by atoms with Crippen molar-refractivity contribution in [3.05, 3.63) is 29.2 Å². The predicted octanol–water partition coefficient (Wildman–Crippen LogP) is 2.65. The Balaban J connectivity index is 1.88. The van der Waals surface area contributed by atoms with Gasteiger partial charge in [0.15, 0.2) is 5.65 Å². The molecule has 0 spiro atoms. The first-order valence-corrected chi connectivity index (χ1v) is 7.19. The summed E-state index contributed by atoms with van der Waals surface area (Å²) < 4.78 is 6.70. The van der Waals surface area contributed by atoms with E-state index in [2.05, 4.69) is 27.2 Å². The molecule has 0 aromatic carbocycles. The van der Waals surface area contributed by atoms with E-state index < -0.39 is 11.7 Å². The van der Waals surface area contributed by atoms with Crippen molar-refractivity contribution < 1.29 is 9.53 Å². The summed E-state index contributed by atoms with van der Waals surface area (Å²) in [7, 11) is 0. The molecule has 7 heteroatoms. The van der Waals surface area contributed by atoms with Gasteiger partial charge in [0.25, 0.3) is 0 Å². The second kappa shape index (κ2) is 6.67. The molecular formula is C15H17ClN4O2. The summed E-state index contributed by atoms with van der Waals surface area (Å²) in [6.07, 6.45) is 1.68. The summed E-state index contributed by atoms with van der Waals surface area (Å²) in [5.74, 6) is 5.91. The number of rotatable bonds is 2. The summed E-state index contributed by atoms with van der Waals surface area (Å²) in [6, 6.07) is 3.44. The smallest absolute Gasteiger partial charge is 0.407 e. The molecule has 0 aliphatic heterocycles. The molecule has 0 saturated carbocycles. The van der Waals surface area contributed by atoms with Crippen LogP contribution in [-0.2, 0) is 4.74 Å². The number of imidazole rings is 1. The Bertz CT molecular complexity index is 737.